The van der Waals surface area contributed by atoms with Gasteiger partial charge >= 0.3 is 0 Å². The molecule has 0 bridgehead atoms. The number of sulfonamides is 1. The zero-order valence-corrected chi connectivity index (χ0v) is 15.7. The van der Waals surface area contributed by atoms with Crippen molar-refractivity contribution in [1.29, 1.82) is 0 Å². The maximum absolute atomic E-state index is 12.3. The molecule has 0 saturated carbocycles. The number of sulfone groups is 1. The van der Waals surface area contributed by atoms with Crippen molar-refractivity contribution in [1.82, 2.24) is 19.4 Å². The Kier molecular flexibility index (Phi) is 5.07. The van der Waals surface area contributed by atoms with Gasteiger partial charge < -0.3 is 5.32 Å². The summed E-state index contributed by atoms with van der Waals surface area (Å²) < 4.78 is 49.9. The molecule has 1 amide bonds. The van der Waals surface area contributed by atoms with Gasteiger partial charge in [0.05, 0.1) is 22.9 Å². The van der Waals surface area contributed by atoms with Crippen LogP contribution in [0.2, 0.25) is 0 Å². The van der Waals surface area contributed by atoms with Crippen LogP contribution in [0.1, 0.15) is 17.8 Å². The molecule has 1 aliphatic heterocycles. The average Bonchev–Trinajstić information content (AvgIpc) is 2.89. The van der Waals surface area contributed by atoms with Crippen molar-refractivity contribution in [3.05, 3.63) is 11.4 Å². The number of carbonyl (C=O) groups excluding carboxylic acids is 1. The van der Waals surface area contributed by atoms with Crippen LogP contribution in [0.3, 0.4) is 0 Å². The Morgan fingerprint density at radius 1 is 1.38 bits per heavy atom. The number of hydrogen-bond acceptors (Lipinski definition) is 6. The topological polar surface area (TPSA) is 118 Å². The van der Waals surface area contributed by atoms with Crippen LogP contribution in [0.4, 0.5) is 0 Å². The minimum Gasteiger partial charge on any atom is -0.351 e. The van der Waals surface area contributed by atoms with Gasteiger partial charge in [0.15, 0.2) is 9.84 Å². The van der Waals surface area contributed by atoms with E-state index in [9.17, 15) is 21.6 Å². The van der Waals surface area contributed by atoms with Gasteiger partial charge in [0.25, 0.3) is 0 Å². The number of nitrogens with zero attached hydrogens (tertiary/aromatic N) is 3. The second-order valence-corrected chi connectivity index (χ2v) is 10.4. The van der Waals surface area contributed by atoms with Crippen LogP contribution in [0.15, 0.2) is 4.90 Å². The molecule has 1 aromatic heterocycles. The van der Waals surface area contributed by atoms with Gasteiger partial charge in [0.1, 0.15) is 11.4 Å². The van der Waals surface area contributed by atoms with E-state index >= 15 is 0 Å². The maximum Gasteiger partial charge on any atom is 0.246 e. The lowest BCUT2D eigenvalue weighted by molar-refractivity contribution is -0.122. The Bertz CT molecular complexity index is 855. The lowest BCUT2D eigenvalue weighted by atomic mass is 10.2. The lowest BCUT2D eigenvalue weighted by Crippen LogP contribution is -2.38. The Balaban J connectivity index is 2.15. The Hall–Kier alpha value is -1.46. The van der Waals surface area contributed by atoms with Crippen molar-refractivity contribution < 1.29 is 21.6 Å². The van der Waals surface area contributed by atoms with Crippen LogP contribution in [0.5, 0.6) is 0 Å². The zero-order valence-electron chi connectivity index (χ0n) is 14.1. The van der Waals surface area contributed by atoms with Crippen molar-refractivity contribution in [2.24, 2.45) is 0 Å². The number of hydrogen-bond donors (Lipinski definition) is 1. The third-order valence-corrected chi connectivity index (χ3v) is 7.78. The molecule has 1 aromatic rings. The van der Waals surface area contributed by atoms with E-state index in [-0.39, 0.29) is 22.9 Å². The van der Waals surface area contributed by atoms with E-state index in [0.29, 0.717) is 17.8 Å². The van der Waals surface area contributed by atoms with Gasteiger partial charge in [-0.25, -0.2) is 21.1 Å². The molecule has 1 fully saturated rings. The monoisotopic (exact) mass is 378 g/mol. The number of aryl methyl sites for hydroxylation is 1. The highest BCUT2D eigenvalue weighted by Gasteiger charge is 2.30. The SMILES string of the molecule is Cc1nn(CC(=O)N[C@H]2CCS(=O)(=O)C2)c(C)c1S(=O)(=O)N(C)C. The van der Waals surface area contributed by atoms with Crippen molar-refractivity contribution in [3.63, 3.8) is 0 Å². The van der Waals surface area contributed by atoms with E-state index in [1.54, 1.807) is 13.8 Å². The van der Waals surface area contributed by atoms with E-state index in [2.05, 4.69) is 10.4 Å². The molecule has 2 rings (SSSR count). The van der Waals surface area contributed by atoms with E-state index in [4.69, 9.17) is 0 Å². The Labute approximate surface area is 142 Å². The smallest absolute Gasteiger partial charge is 0.246 e. The fourth-order valence-corrected chi connectivity index (χ4v) is 5.64. The van der Waals surface area contributed by atoms with Gasteiger partial charge in [-0.3, -0.25) is 9.48 Å². The maximum atomic E-state index is 12.3. The molecule has 1 saturated heterocycles. The van der Waals surface area contributed by atoms with E-state index in [1.807, 2.05) is 0 Å². The fourth-order valence-electron chi connectivity index (χ4n) is 2.71. The second-order valence-electron chi connectivity index (χ2n) is 6.11. The quantitative estimate of drug-likeness (QED) is 0.706. The molecule has 0 aliphatic carbocycles. The minimum absolute atomic E-state index is 0.0594. The predicted molar refractivity (Wildman–Crippen MR) is 87.8 cm³/mol. The third-order valence-electron chi connectivity index (χ3n) is 3.94. The van der Waals surface area contributed by atoms with Crippen LogP contribution in [-0.2, 0) is 31.2 Å². The highest BCUT2D eigenvalue weighted by molar-refractivity contribution is 7.91. The van der Waals surface area contributed by atoms with Crippen LogP contribution in [0.25, 0.3) is 0 Å². The van der Waals surface area contributed by atoms with E-state index in [1.165, 1.54) is 18.8 Å². The number of amides is 1. The molecule has 11 heteroatoms. The van der Waals surface area contributed by atoms with Gasteiger partial charge in [0.2, 0.25) is 15.9 Å². The molecule has 1 atom stereocenters. The molecule has 2 heterocycles. The lowest BCUT2D eigenvalue weighted by Gasteiger charge is -2.13. The molecular formula is C13H22N4O5S2. The molecule has 1 N–H and O–H groups in total. The normalized spacial score (nSPS) is 20.5. The molecule has 24 heavy (non-hydrogen) atoms. The summed E-state index contributed by atoms with van der Waals surface area (Å²) >= 11 is 0. The summed E-state index contributed by atoms with van der Waals surface area (Å²) in [7, 11) is -3.87. The Morgan fingerprint density at radius 2 is 2.00 bits per heavy atom. The molecule has 0 spiro atoms. The summed E-state index contributed by atoms with van der Waals surface area (Å²) in [6.45, 7) is 3.00. The number of aromatic nitrogens is 2. The summed E-state index contributed by atoms with van der Waals surface area (Å²) in [5.41, 5.74) is 0.688. The molecule has 0 unspecified atom stereocenters. The molecular weight excluding hydrogens is 356 g/mol. The highest BCUT2D eigenvalue weighted by atomic mass is 32.2. The average molecular weight is 378 g/mol. The molecule has 0 aromatic carbocycles. The van der Waals surface area contributed by atoms with Gasteiger partial charge in [-0.05, 0) is 20.3 Å². The predicted octanol–water partition coefficient (Wildman–Crippen LogP) is -0.946. The van der Waals surface area contributed by atoms with Crippen molar-refractivity contribution >= 4 is 25.8 Å². The first-order valence-electron chi connectivity index (χ1n) is 7.40. The molecule has 136 valence electrons. The van der Waals surface area contributed by atoms with Crippen molar-refractivity contribution in [3.8, 4) is 0 Å². The van der Waals surface area contributed by atoms with Crippen LogP contribution in [-0.4, -0.2) is 68.5 Å². The highest BCUT2D eigenvalue weighted by Crippen LogP contribution is 2.22. The molecule has 0 radical (unpaired) electrons. The van der Waals surface area contributed by atoms with Crippen LogP contribution < -0.4 is 5.32 Å². The van der Waals surface area contributed by atoms with Gasteiger partial charge in [-0.2, -0.15) is 5.10 Å². The van der Waals surface area contributed by atoms with Crippen LogP contribution in [0, 0.1) is 13.8 Å². The van der Waals surface area contributed by atoms with E-state index in [0.717, 1.165) is 4.31 Å². The third kappa shape index (κ3) is 3.78. The number of rotatable bonds is 5. The first-order valence-corrected chi connectivity index (χ1v) is 10.7. The van der Waals surface area contributed by atoms with Gasteiger partial charge in [-0.1, -0.05) is 0 Å². The van der Waals surface area contributed by atoms with Crippen molar-refractivity contribution in [2.75, 3.05) is 25.6 Å². The second kappa shape index (κ2) is 6.45. The van der Waals surface area contributed by atoms with Gasteiger partial charge in [0, 0.05) is 20.1 Å². The van der Waals surface area contributed by atoms with E-state index < -0.39 is 31.8 Å². The number of carbonyl (C=O) groups is 1. The standard InChI is InChI=1S/C13H22N4O5S2/c1-9-13(24(21,22)16(3)4)10(2)17(15-9)7-12(18)14-11-5-6-23(19,20)8-11/h11H,5-8H2,1-4H3,(H,14,18)/t11-/m0/s1. The molecule has 1 aliphatic rings. The summed E-state index contributed by atoms with van der Waals surface area (Å²) in [5, 5.41) is 6.80. The fraction of sp³-hybridized carbons (Fsp3) is 0.692. The first kappa shape index (κ1) is 18.9. The van der Waals surface area contributed by atoms with Crippen molar-refractivity contribution in [2.45, 2.75) is 37.8 Å². The summed E-state index contributed by atoms with van der Waals surface area (Å²) in [4.78, 5) is 12.2. The zero-order chi connectivity index (χ0) is 18.3. The molecule has 9 nitrogen and oxygen atoms in total. The summed E-state index contributed by atoms with van der Waals surface area (Å²) in [5.74, 6) is -0.379. The first-order chi connectivity index (χ1) is 10.9. The summed E-state index contributed by atoms with van der Waals surface area (Å²) in [6.07, 6.45) is 0.394. The largest absolute Gasteiger partial charge is 0.351 e. The Morgan fingerprint density at radius 3 is 2.50 bits per heavy atom. The van der Waals surface area contributed by atoms with Gasteiger partial charge in [-0.15, -0.1) is 0 Å². The van der Waals surface area contributed by atoms with Crippen LogP contribution >= 0.6 is 0 Å². The minimum atomic E-state index is -3.65. The number of nitrogens with one attached hydrogen (secondary N) is 1. The summed E-state index contributed by atoms with van der Waals surface area (Å²) in [6, 6.07) is -0.399.